The molecule has 4 heteroatoms. The molecule has 0 aliphatic heterocycles. The number of carbonyl (C=O) groups excluding carboxylic acids is 1. The van der Waals surface area contributed by atoms with Gasteiger partial charge in [0, 0.05) is 17.6 Å². The maximum atomic E-state index is 12.3. The fraction of sp³-hybridized carbons (Fsp3) is 0.562. The SMILES string of the molecule is COCC(CC(C)C)NC(=O)c1ccc(SC)c(C)c1. The summed E-state index contributed by atoms with van der Waals surface area (Å²) in [6, 6.07) is 5.89. The fourth-order valence-electron chi connectivity index (χ4n) is 2.23. The summed E-state index contributed by atoms with van der Waals surface area (Å²) in [5.41, 5.74) is 1.85. The number of benzene rings is 1. The van der Waals surface area contributed by atoms with Crippen molar-refractivity contribution < 1.29 is 9.53 Å². The summed E-state index contributed by atoms with van der Waals surface area (Å²) < 4.78 is 5.18. The molecule has 0 aromatic heterocycles. The number of amides is 1. The van der Waals surface area contributed by atoms with Gasteiger partial charge in [-0.3, -0.25) is 4.79 Å². The summed E-state index contributed by atoms with van der Waals surface area (Å²) in [6.45, 7) is 6.87. The Morgan fingerprint density at radius 1 is 1.40 bits per heavy atom. The number of rotatable bonds is 7. The van der Waals surface area contributed by atoms with Crippen molar-refractivity contribution in [3.8, 4) is 0 Å². The van der Waals surface area contributed by atoms with Gasteiger partial charge >= 0.3 is 0 Å². The summed E-state index contributed by atoms with van der Waals surface area (Å²) in [5.74, 6) is 0.500. The van der Waals surface area contributed by atoms with Crippen LogP contribution in [0.2, 0.25) is 0 Å². The van der Waals surface area contributed by atoms with Gasteiger partial charge in [-0.1, -0.05) is 13.8 Å². The van der Waals surface area contributed by atoms with Crippen LogP contribution in [0.5, 0.6) is 0 Å². The first kappa shape index (κ1) is 17.1. The zero-order valence-electron chi connectivity index (χ0n) is 13.0. The topological polar surface area (TPSA) is 38.3 Å². The molecule has 112 valence electrons. The predicted molar refractivity (Wildman–Crippen MR) is 85.5 cm³/mol. The van der Waals surface area contributed by atoms with Gasteiger partial charge in [-0.25, -0.2) is 0 Å². The molecule has 0 spiro atoms. The summed E-state index contributed by atoms with van der Waals surface area (Å²) in [7, 11) is 1.66. The highest BCUT2D eigenvalue weighted by Crippen LogP contribution is 2.20. The average molecular weight is 295 g/mol. The standard InChI is InChI=1S/C16H25NO2S/c1-11(2)8-14(10-19-4)17-16(18)13-6-7-15(20-5)12(3)9-13/h6-7,9,11,14H,8,10H2,1-5H3,(H,17,18). The van der Waals surface area contributed by atoms with Gasteiger partial charge in [-0.15, -0.1) is 11.8 Å². The Morgan fingerprint density at radius 3 is 2.60 bits per heavy atom. The summed E-state index contributed by atoms with van der Waals surface area (Å²) >= 11 is 1.69. The van der Waals surface area contributed by atoms with Gasteiger partial charge in [0.05, 0.1) is 12.6 Å². The molecule has 3 nitrogen and oxygen atoms in total. The van der Waals surface area contributed by atoms with Crippen molar-refractivity contribution >= 4 is 17.7 Å². The van der Waals surface area contributed by atoms with Crippen molar-refractivity contribution in [3.63, 3.8) is 0 Å². The van der Waals surface area contributed by atoms with Crippen molar-refractivity contribution in [1.82, 2.24) is 5.32 Å². The molecule has 1 N–H and O–H groups in total. The molecule has 0 radical (unpaired) electrons. The van der Waals surface area contributed by atoms with Gasteiger partial charge in [0.2, 0.25) is 0 Å². The number of ether oxygens (including phenoxy) is 1. The summed E-state index contributed by atoms with van der Waals surface area (Å²) in [5, 5.41) is 3.06. The van der Waals surface area contributed by atoms with E-state index in [-0.39, 0.29) is 11.9 Å². The van der Waals surface area contributed by atoms with Crippen molar-refractivity contribution in [2.75, 3.05) is 20.0 Å². The lowest BCUT2D eigenvalue weighted by atomic mass is 10.0. The minimum Gasteiger partial charge on any atom is -0.383 e. The molecule has 0 saturated heterocycles. The first-order valence-corrected chi connectivity index (χ1v) is 8.14. The van der Waals surface area contributed by atoms with E-state index in [1.165, 1.54) is 4.90 Å². The van der Waals surface area contributed by atoms with Crippen LogP contribution in [0, 0.1) is 12.8 Å². The van der Waals surface area contributed by atoms with Gasteiger partial charge in [0.15, 0.2) is 0 Å². The fourth-order valence-corrected chi connectivity index (χ4v) is 2.81. The third kappa shape index (κ3) is 5.17. The largest absolute Gasteiger partial charge is 0.383 e. The molecule has 0 heterocycles. The third-order valence-corrected chi connectivity index (χ3v) is 4.01. The Labute approximate surface area is 126 Å². The molecule has 0 fully saturated rings. The normalized spacial score (nSPS) is 12.5. The predicted octanol–water partition coefficient (Wildman–Crippen LogP) is 3.51. The van der Waals surface area contributed by atoms with Crippen LogP contribution in [0.1, 0.15) is 36.2 Å². The van der Waals surface area contributed by atoms with Crippen molar-refractivity contribution in [2.45, 2.75) is 38.1 Å². The number of hydrogen-bond donors (Lipinski definition) is 1. The second-order valence-corrected chi connectivity index (χ2v) is 6.29. The third-order valence-electron chi connectivity index (χ3n) is 3.12. The molecular formula is C16H25NO2S. The van der Waals surface area contributed by atoms with Crippen LogP contribution < -0.4 is 5.32 Å². The Bertz CT molecular complexity index is 446. The first-order chi connectivity index (χ1) is 9.47. The molecule has 1 unspecified atom stereocenters. The van der Waals surface area contributed by atoms with Gasteiger partial charge in [-0.2, -0.15) is 0 Å². The van der Waals surface area contributed by atoms with E-state index >= 15 is 0 Å². The monoisotopic (exact) mass is 295 g/mol. The van der Waals surface area contributed by atoms with Gasteiger partial charge < -0.3 is 10.1 Å². The van der Waals surface area contributed by atoms with E-state index in [1.807, 2.05) is 31.4 Å². The Kier molecular flexibility index (Phi) is 7.10. The summed E-state index contributed by atoms with van der Waals surface area (Å²) in [6.07, 6.45) is 2.96. The number of aryl methyl sites for hydroxylation is 1. The van der Waals surface area contributed by atoms with E-state index in [4.69, 9.17) is 4.74 Å². The van der Waals surface area contributed by atoms with Crippen molar-refractivity contribution in [2.24, 2.45) is 5.92 Å². The van der Waals surface area contributed by atoms with E-state index < -0.39 is 0 Å². The van der Waals surface area contributed by atoms with Crippen LogP contribution in [0.15, 0.2) is 23.1 Å². The highest BCUT2D eigenvalue weighted by Gasteiger charge is 2.15. The van der Waals surface area contributed by atoms with Crippen molar-refractivity contribution in [1.29, 1.82) is 0 Å². The average Bonchev–Trinajstić information content (AvgIpc) is 2.38. The highest BCUT2D eigenvalue weighted by atomic mass is 32.2. The minimum atomic E-state index is -0.0246. The first-order valence-electron chi connectivity index (χ1n) is 6.92. The van der Waals surface area contributed by atoms with Gasteiger partial charge in [0.1, 0.15) is 0 Å². The van der Waals surface area contributed by atoms with E-state index in [9.17, 15) is 4.79 Å². The Hall–Kier alpha value is -1.00. The second-order valence-electron chi connectivity index (χ2n) is 5.44. The molecule has 1 aromatic rings. The number of carbonyl (C=O) groups is 1. The zero-order valence-corrected chi connectivity index (χ0v) is 13.8. The second kappa shape index (κ2) is 8.32. The number of hydrogen-bond acceptors (Lipinski definition) is 3. The molecule has 0 aliphatic carbocycles. The molecule has 1 aromatic carbocycles. The lowest BCUT2D eigenvalue weighted by Gasteiger charge is -2.20. The smallest absolute Gasteiger partial charge is 0.251 e. The zero-order chi connectivity index (χ0) is 15.1. The maximum absolute atomic E-state index is 12.3. The molecule has 1 rings (SSSR count). The van der Waals surface area contributed by atoms with Gasteiger partial charge in [-0.05, 0) is 49.3 Å². The van der Waals surface area contributed by atoms with Crippen LogP contribution in [0.25, 0.3) is 0 Å². The molecular weight excluding hydrogens is 270 g/mol. The number of nitrogens with one attached hydrogen (secondary N) is 1. The number of methoxy groups -OCH3 is 1. The van der Waals surface area contributed by atoms with E-state index in [2.05, 4.69) is 19.2 Å². The van der Waals surface area contributed by atoms with E-state index in [1.54, 1.807) is 18.9 Å². The molecule has 0 bridgehead atoms. The molecule has 1 atom stereocenters. The lowest BCUT2D eigenvalue weighted by Crippen LogP contribution is -2.39. The Balaban J connectivity index is 2.75. The maximum Gasteiger partial charge on any atom is 0.251 e. The minimum absolute atomic E-state index is 0.0246. The quantitative estimate of drug-likeness (QED) is 0.782. The van der Waals surface area contributed by atoms with Crippen LogP contribution in [0.4, 0.5) is 0 Å². The molecule has 20 heavy (non-hydrogen) atoms. The van der Waals surface area contributed by atoms with Crippen molar-refractivity contribution in [3.05, 3.63) is 29.3 Å². The van der Waals surface area contributed by atoms with Gasteiger partial charge in [0.25, 0.3) is 5.91 Å². The molecule has 1 amide bonds. The van der Waals surface area contributed by atoms with Crippen LogP contribution >= 0.6 is 11.8 Å². The molecule has 0 aliphatic rings. The highest BCUT2D eigenvalue weighted by molar-refractivity contribution is 7.98. The molecule has 0 saturated carbocycles. The summed E-state index contributed by atoms with van der Waals surface area (Å²) in [4.78, 5) is 13.5. The lowest BCUT2D eigenvalue weighted by molar-refractivity contribution is 0.0884. The van der Waals surface area contributed by atoms with E-state index in [0.29, 0.717) is 18.1 Å². The Morgan fingerprint density at radius 2 is 2.10 bits per heavy atom. The van der Waals surface area contributed by atoms with Crippen LogP contribution in [0.3, 0.4) is 0 Å². The van der Waals surface area contributed by atoms with Crippen LogP contribution in [-0.4, -0.2) is 31.9 Å². The van der Waals surface area contributed by atoms with Crippen LogP contribution in [-0.2, 0) is 4.74 Å². The number of thioether (sulfide) groups is 1. The van der Waals surface area contributed by atoms with E-state index in [0.717, 1.165) is 12.0 Å².